The Labute approximate surface area is 223 Å². The van der Waals surface area contributed by atoms with E-state index in [9.17, 15) is 4.79 Å². The van der Waals surface area contributed by atoms with Crippen molar-refractivity contribution in [2.45, 2.75) is 57.4 Å². The maximum absolute atomic E-state index is 13.3. The molecule has 5 heteroatoms. The maximum Gasteiger partial charge on any atom is 0.228 e. The van der Waals surface area contributed by atoms with Crippen molar-refractivity contribution < 1.29 is 42.2 Å². The Kier molecular flexibility index (Phi) is 9.01. The first-order valence-corrected chi connectivity index (χ1v) is 12.4. The SMILES string of the molecule is O=C1c2cc(Cc3ccccc3)ccc2OCCN1[CH-]CC1CCC(NCC2CC2)CC1.[Y]. The van der Waals surface area contributed by atoms with Crippen LogP contribution in [0.25, 0.3) is 0 Å². The predicted octanol–water partition coefficient (Wildman–Crippen LogP) is 5.22. The van der Waals surface area contributed by atoms with E-state index in [2.05, 4.69) is 42.2 Å². The van der Waals surface area contributed by atoms with Gasteiger partial charge in [0.2, 0.25) is 5.91 Å². The van der Waals surface area contributed by atoms with Gasteiger partial charge in [0.05, 0.1) is 5.56 Å². The Morgan fingerprint density at radius 3 is 2.45 bits per heavy atom. The van der Waals surface area contributed by atoms with Crippen LogP contribution in [0.1, 0.15) is 66.4 Å². The van der Waals surface area contributed by atoms with Crippen LogP contribution >= 0.6 is 0 Å². The van der Waals surface area contributed by atoms with Crippen molar-refractivity contribution >= 4 is 5.91 Å². The van der Waals surface area contributed by atoms with E-state index in [1.165, 1.54) is 50.6 Å². The number of nitrogens with one attached hydrogen (secondary N) is 1. The summed E-state index contributed by atoms with van der Waals surface area (Å²) in [6, 6.07) is 17.2. The third-order valence-corrected chi connectivity index (χ3v) is 7.27. The largest absolute Gasteiger partial charge is 0.491 e. The molecule has 2 aliphatic carbocycles. The number of carbonyl (C=O) groups excluding carboxylic acids is 1. The van der Waals surface area contributed by atoms with Gasteiger partial charge in [0, 0.05) is 45.3 Å². The van der Waals surface area contributed by atoms with Gasteiger partial charge in [-0.05, 0) is 67.8 Å². The Morgan fingerprint density at radius 2 is 1.70 bits per heavy atom. The molecule has 33 heavy (non-hydrogen) atoms. The molecule has 2 fully saturated rings. The zero-order chi connectivity index (χ0) is 21.8. The second kappa shape index (κ2) is 12.0. The average molecular weight is 521 g/mol. The van der Waals surface area contributed by atoms with Crippen LogP contribution in [-0.4, -0.2) is 36.5 Å². The minimum absolute atomic E-state index is 0. The van der Waals surface area contributed by atoms with Gasteiger partial charge in [-0.2, -0.15) is 6.42 Å². The molecular weight excluding hydrogens is 485 g/mol. The number of fused-ring (bicyclic) bond motifs is 1. The Hall–Kier alpha value is -1.23. The zero-order valence-corrected chi connectivity index (χ0v) is 22.4. The number of hydrogen-bond acceptors (Lipinski definition) is 3. The summed E-state index contributed by atoms with van der Waals surface area (Å²) in [5.74, 6) is 2.43. The number of hydrogen-bond donors (Lipinski definition) is 1. The molecule has 1 N–H and O–H groups in total. The number of benzene rings is 2. The molecule has 0 saturated heterocycles. The van der Waals surface area contributed by atoms with Crippen LogP contribution in [0, 0.1) is 18.4 Å². The second-order valence-corrected chi connectivity index (χ2v) is 9.83. The summed E-state index contributed by atoms with van der Waals surface area (Å²) in [5.41, 5.74) is 3.09. The normalized spacial score (nSPS) is 22.7. The molecule has 0 bridgehead atoms. The molecule has 1 radical (unpaired) electrons. The van der Waals surface area contributed by atoms with Gasteiger partial charge >= 0.3 is 0 Å². The molecule has 2 aromatic carbocycles. The van der Waals surface area contributed by atoms with Crippen LogP contribution in [0.15, 0.2) is 48.5 Å². The molecule has 1 amide bonds. The zero-order valence-electron chi connectivity index (χ0n) is 19.5. The number of ether oxygens (including phenoxy) is 1. The quantitative estimate of drug-likeness (QED) is 0.486. The van der Waals surface area contributed by atoms with E-state index >= 15 is 0 Å². The van der Waals surface area contributed by atoms with E-state index in [4.69, 9.17) is 4.74 Å². The fraction of sp³-hybridized carbons (Fsp3) is 0.500. The van der Waals surface area contributed by atoms with Crippen LogP contribution in [-0.2, 0) is 39.1 Å². The van der Waals surface area contributed by atoms with Crippen LogP contribution in [0.3, 0.4) is 0 Å². The van der Waals surface area contributed by atoms with Gasteiger partial charge in [-0.3, -0.25) is 4.79 Å². The smallest absolute Gasteiger partial charge is 0.228 e. The Bertz CT molecular complexity index is 907. The fourth-order valence-electron chi connectivity index (χ4n) is 5.03. The molecule has 0 unspecified atom stereocenters. The first kappa shape index (κ1) is 24.9. The summed E-state index contributed by atoms with van der Waals surface area (Å²) < 4.78 is 5.92. The molecule has 2 saturated carbocycles. The maximum atomic E-state index is 13.3. The standard InChI is InChI=1S/C28H35N2O2.Y/c31-28-26-19-24(18-22-4-2-1-3-5-22)10-13-27(26)32-17-16-30(28)15-14-21-8-11-25(12-9-21)29-20-23-6-7-23;/h1-5,10,13,15,19,21,23,25,29H,6-9,11-12,14,16-18,20H2;/q-1;. The van der Waals surface area contributed by atoms with Crippen molar-refractivity contribution in [1.29, 1.82) is 0 Å². The molecular formula is C28H35N2O2Y-. The van der Waals surface area contributed by atoms with Crippen molar-refractivity contribution in [3.8, 4) is 5.75 Å². The van der Waals surface area contributed by atoms with Gasteiger partial charge in [0.25, 0.3) is 0 Å². The summed E-state index contributed by atoms with van der Waals surface area (Å²) in [5, 5.41) is 3.77. The third-order valence-electron chi connectivity index (χ3n) is 7.27. The molecule has 4 nitrogen and oxygen atoms in total. The number of carbonyl (C=O) groups is 1. The second-order valence-electron chi connectivity index (χ2n) is 9.83. The van der Waals surface area contributed by atoms with Crippen molar-refractivity contribution in [2.75, 3.05) is 19.7 Å². The van der Waals surface area contributed by atoms with Crippen LogP contribution in [0.5, 0.6) is 5.75 Å². The molecule has 3 aliphatic rings. The van der Waals surface area contributed by atoms with Crippen LogP contribution in [0.4, 0.5) is 0 Å². The molecule has 1 heterocycles. The van der Waals surface area contributed by atoms with Crippen LogP contribution < -0.4 is 10.1 Å². The topological polar surface area (TPSA) is 41.6 Å². The third kappa shape index (κ3) is 6.90. The number of rotatable bonds is 8. The summed E-state index contributed by atoms with van der Waals surface area (Å²) in [6.07, 6.45) is 9.71. The van der Waals surface area contributed by atoms with E-state index in [1.807, 2.05) is 23.1 Å². The number of nitrogens with zero attached hydrogens (tertiary/aromatic N) is 1. The monoisotopic (exact) mass is 520 g/mol. The van der Waals surface area contributed by atoms with E-state index < -0.39 is 0 Å². The molecule has 5 rings (SSSR count). The summed E-state index contributed by atoms with van der Waals surface area (Å²) >= 11 is 0. The van der Waals surface area contributed by atoms with Gasteiger partial charge in [-0.15, -0.1) is 0 Å². The van der Waals surface area contributed by atoms with Gasteiger partial charge in [-0.1, -0.05) is 55.2 Å². The molecule has 0 spiro atoms. The molecule has 0 atom stereocenters. The van der Waals surface area contributed by atoms with E-state index in [0.29, 0.717) is 36.4 Å². The molecule has 0 aromatic heterocycles. The van der Waals surface area contributed by atoms with Crippen molar-refractivity contribution in [3.63, 3.8) is 0 Å². The summed E-state index contributed by atoms with van der Waals surface area (Å²) in [7, 11) is 0. The number of amides is 1. The van der Waals surface area contributed by atoms with E-state index in [0.717, 1.165) is 24.3 Å². The van der Waals surface area contributed by atoms with Gasteiger partial charge in [0.15, 0.2) is 0 Å². The summed E-state index contributed by atoms with van der Waals surface area (Å²) in [6.45, 7) is 4.54. The fourth-order valence-corrected chi connectivity index (χ4v) is 5.03. The van der Waals surface area contributed by atoms with Crippen molar-refractivity contribution in [1.82, 2.24) is 10.2 Å². The van der Waals surface area contributed by atoms with Gasteiger partial charge < -0.3 is 15.0 Å². The van der Waals surface area contributed by atoms with Crippen molar-refractivity contribution in [3.05, 3.63) is 71.8 Å². The predicted molar refractivity (Wildman–Crippen MR) is 128 cm³/mol. The van der Waals surface area contributed by atoms with Crippen molar-refractivity contribution in [2.24, 2.45) is 11.8 Å². The Morgan fingerprint density at radius 1 is 0.939 bits per heavy atom. The van der Waals surface area contributed by atoms with E-state index in [-0.39, 0.29) is 38.6 Å². The first-order valence-electron chi connectivity index (χ1n) is 12.4. The Balaban J connectivity index is 0.00000259. The van der Waals surface area contributed by atoms with E-state index in [1.54, 1.807) is 0 Å². The minimum Gasteiger partial charge on any atom is -0.491 e. The minimum atomic E-state index is 0. The average Bonchev–Trinajstić information content (AvgIpc) is 3.67. The first-order chi connectivity index (χ1) is 15.7. The summed E-state index contributed by atoms with van der Waals surface area (Å²) in [4.78, 5) is 15.2. The molecule has 2 aromatic rings. The molecule has 173 valence electrons. The van der Waals surface area contributed by atoms with Gasteiger partial charge in [-0.25, -0.2) is 6.54 Å². The van der Waals surface area contributed by atoms with Crippen LogP contribution in [0.2, 0.25) is 0 Å². The van der Waals surface area contributed by atoms with Gasteiger partial charge in [0.1, 0.15) is 12.4 Å². The molecule has 1 aliphatic heterocycles.